The number of imidazole rings is 1. The zero-order valence-corrected chi connectivity index (χ0v) is 8.08. The number of aromatic amines is 1. The molecular weight excluding hydrogens is 178 g/mol. The first-order valence-electron chi connectivity index (χ1n) is 4.60. The molecule has 0 bridgehead atoms. The van der Waals surface area contributed by atoms with Crippen LogP contribution in [-0.2, 0) is 13.5 Å². The van der Waals surface area contributed by atoms with Gasteiger partial charge >= 0.3 is 5.69 Å². The number of nitrogens with two attached hydrogens (primary N) is 1. The quantitative estimate of drug-likeness (QED) is 0.720. The maximum atomic E-state index is 11.3. The molecule has 0 fully saturated rings. The maximum absolute atomic E-state index is 11.3. The van der Waals surface area contributed by atoms with Gasteiger partial charge in [-0.25, -0.2) is 4.79 Å². The summed E-state index contributed by atoms with van der Waals surface area (Å²) in [6, 6.07) is 5.92. The lowest BCUT2D eigenvalue weighted by Crippen LogP contribution is -2.11. The molecule has 14 heavy (non-hydrogen) atoms. The summed E-state index contributed by atoms with van der Waals surface area (Å²) in [5.41, 5.74) is 8.34. The Morgan fingerprint density at radius 1 is 1.50 bits per heavy atom. The van der Waals surface area contributed by atoms with E-state index in [1.54, 1.807) is 11.6 Å². The number of rotatable bonds is 2. The van der Waals surface area contributed by atoms with E-state index >= 15 is 0 Å². The van der Waals surface area contributed by atoms with Crippen molar-refractivity contribution in [2.75, 3.05) is 6.54 Å². The van der Waals surface area contributed by atoms with Crippen molar-refractivity contribution in [2.45, 2.75) is 6.42 Å². The van der Waals surface area contributed by atoms with Crippen LogP contribution < -0.4 is 11.4 Å². The van der Waals surface area contributed by atoms with Gasteiger partial charge in [0.05, 0.1) is 11.0 Å². The van der Waals surface area contributed by atoms with Gasteiger partial charge in [0, 0.05) is 7.05 Å². The van der Waals surface area contributed by atoms with Crippen molar-refractivity contribution in [3.05, 3.63) is 34.2 Å². The Morgan fingerprint density at radius 3 is 3.00 bits per heavy atom. The first kappa shape index (κ1) is 9.02. The van der Waals surface area contributed by atoms with Crippen LogP contribution in [0.1, 0.15) is 5.56 Å². The molecule has 0 radical (unpaired) electrons. The van der Waals surface area contributed by atoms with Crippen molar-refractivity contribution >= 4 is 11.0 Å². The van der Waals surface area contributed by atoms with Gasteiger partial charge in [0.25, 0.3) is 0 Å². The minimum Gasteiger partial charge on any atom is -0.330 e. The van der Waals surface area contributed by atoms with Gasteiger partial charge in [0.2, 0.25) is 0 Å². The fraction of sp³-hybridized carbons (Fsp3) is 0.300. The number of aromatic nitrogens is 2. The molecule has 1 heterocycles. The second-order valence-corrected chi connectivity index (χ2v) is 3.38. The Bertz CT molecular complexity index is 510. The van der Waals surface area contributed by atoms with Crippen LogP contribution in [0.5, 0.6) is 0 Å². The molecule has 0 unspecified atom stereocenters. The van der Waals surface area contributed by atoms with Crippen LogP contribution in [0.15, 0.2) is 23.0 Å². The van der Waals surface area contributed by atoms with E-state index in [-0.39, 0.29) is 5.69 Å². The van der Waals surface area contributed by atoms with E-state index in [1.165, 1.54) is 0 Å². The minimum atomic E-state index is -0.0788. The highest BCUT2D eigenvalue weighted by atomic mass is 16.1. The molecule has 4 heteroatoms. The van der Waals surface area contributed by atoms with Crippen molar-refractivity contribution in [3.63, 3.8) is 0 Å². The minimum absolute atomic E-state index is 0.0788. The molecule has 0 saturated carbocycles. The molecule has 0 atom stereocenters. The van der Waals surface area contributed by atoms with E-state index in [0.29, 0.717) is 6.54 Å². The normalized spacial score (nSPS) is 11.0. The lowest BCUT2D eigenvalue weighted by molar-refractivity contribution is 0.891. The summed E-state index contributed by atoms with van der Waals surface area (Å²) in [4.78, 5) is 14.1. The molecule has 2 rings (SSSR count). The second-order valence-electron chi connectivity index (χ2n) is 3.38. The number of nitrogens with zero attached hydrogens (tertiary/aromatic N) is 1. The van der Waals surface area contributed by atoms with Crippen LogP contribution in [0.4, 0.5) is 0 Å². The molecule has 2 aromatic rings. The lowest BCUT2D eigenvalue weighted by atomic mass is 10.1. The number of hydrogen-bond donors (Lipinski definition) is 2. The largest absolute Gasteiger partial charge is 0.330 e. The standard InChI is InChI=1S/C10H13N3O/c1-13-9-3-2-7(4-5-11)6-8(9)12-10(13)14/h2-3,6H,4-5,11H2,1H3,(H,12,14). The van der Waals surface area contributed by atoms with Gasteiger partial charge < -0.3 is 10.7 Å². The third-order valence-corrected chi connectivity index (χ3v) is 2.40. The zero-order chi connectivity index (χ0) is 10.1. The highest BCUT2D eigenvalue weighted by Gasteiger charge is 2.02. The first-order chi connectivity index (χ1) is 6.72. The van der Waals surface area contributed by atoms with Gasteiger partial charge in [0.15, 0.2) is 0 Å². The van der Waals surface area contributed by atoms with E-state index in [4.69, 9.17) is 5.73 Å². The highest BCUT2D eigenvalue weighted by Crippen LogP contribution is 2.11. The summed E-state index contributed by atoms with van der Waals surface area (Å²) in [6.07, 6.45) is 0.840. The number of fused-ring (bicyclic) bond motifs is 1. The molecule has 0 amide bonds. The van der Waals surface area contributed by atoms with Crippen LogP contribution in [-0.4, -0.2) is 16.1 Å². The predicted molar refractivity (Wildman–Crippen MR) is 56.3 cm³/mol. The van der Waals surface area contributed by atoms with Crippen LogP contribution in [0.25, 0.3) is 11.0 Å². The van der Waals surface area contributed by atoms with Crippen LogP contribution >= 0.6 is 0 Å². The van der Waals surface area contributed by atoms with Crippen molar-refractivity contribution < 1.29 is 0 Å². The van der Waals surface area contributed by atoms with Gasteiger partial charge in [-0.1, -0.05) is 6.07 Å². The molecule has 1 aromatic heterocycles. The van der Waals surface area contributed by atoms with Crippen molar-refractivity contribution in [1.29, 1.82) is 0 Å². The molecule has 0 aliphatic heterocycles. The molecule has 74 valence electrons. The summed E-state index contributed by atoms with van der Waals surface area (Å²) >= 11 is 0. The molecule has 3 N–H and O–H groups in total. The fourth-order valence-corrected chi connectivity index (χ4v) is 1.61. The number of H-pyrrole nitrogens is 1. The average Bonchev–Trinajstić information content (AvgIpc) is 2.43. The van der Waals surface area contributed by atoms with E-state index < -0.39 is 0 Å². The van der Waals surface area contributed by atoms with E-state index in [1.807, 2.05) is 18.2 Å². The summed E-state index contributed by atoms with van der Waals surface area (Å²) in [6.45, 7) is 0.628. The topological polar surface area (TPSA) is 63.8 Å². The average molecular weight is 191 g/mol. The van der Waals surface area contributed by atoms with Crippen LogP contribution in [0.2, 0.25) is 0 Å². The number of benzene rings is 1. The van der Waals surface area contributed by atoms with Gasteiger partial charge in [-0.3, -0.25) is 4.57 Å². The van der Waals surface area contributed by atoms with Gasteiger partial charge in [-0.2, -0.15) is 0 Å². The molecule has 0 spiro atoms. The van der Waals surface area contributed by atoms with E-state index in [9.17, 15) is 4.79 Å². The van der Waals surface area contributed by atoms with Crippen molar-refractivity contribution in [1.82, 2.24) is 9.55 Å². The Morgan fingerprint density at radius 2 is 2.29 bits per heavy atom. The first-order valence-corrected chi connectivity index (χ1v) is 4.60. The Balaban J connectivity index is 2.61. The monoisotopic (exact) mass is 191 g/mol. The summed E-state index contributed by atoms with van der Waals surface area (Å²) in [7, 11) is 1.75. The lowest BCUT2D eigenvalue weighted by Gasteiger charge is -1.98. The molecule has 1 aromatic carbocycles. The third kappa shape index (κ3) is 1.33. The van der Waals surface area contributed by atoms with Gasteiger partial charge in [0.1, 0.15) is 0 Å². The second kappa shape index (κ2) is 3.31. The number of aryl methyl sites for hydroxylation is 1. The van der Waals surface area contributed by atoms with Gasteiger partial charge in [-0.15, -0.1) is 0 Å². The molecule has 4 nitrogen and oxygen atoms in total. The van der Waals surface area contributed by atoms with Gasteiger partial charge in [-0.05, 0) is 30.7 Å². The molecule has 0 aliphatic rings. The zero-order valence-electron chi connectivity index (χ0n) is 8.08. The fourth-order valence-electron chi connectivity index (χ4n) is 1.61. The SMILES string of the molecule is Cn1c(=O)[nH]c2cc(CCN)ccc21. The summed E-state index contributed by atoms with van der Waals surface area (Å²) in [5, 5.41) is 0. The highest BCUT2D eigenvalue weighted by molar-refractivity contribution is 5.75. The smallest absolute Gasteiger partial charge is 0.326 e. The van der Waals surface area contributed by atoms with Crippen LogP contribution in [0, 0.1) is 0 Å². The van der Waals surface area contributed by atoms with Crippen LogP contribution in [0.3, 0.4) is 0 Å². The Labute approximate surface area is 81.3 Å². The Kier molecular flexibility index (Phi) is 2.13. The summed E-state index contributed by atoms with van der Waals surface area (Å²) in [5.74, 6) is 0. The van der Waals surface area contributed by atoms with E-state index in [2.05, 4.69) is 4.98 Å². The number of nitrogens with one attached hydrogen (secondary N) is 1. The number of hydrogen-bond acceptors (Lipinski definition) is 2. The van der Waals surface area contributed by atoms with Crippen molar-refractivity contribution in [3.8, 4) is 0 Å². The summed E-state index contributed by atoms with van der Waals surface area (Å²) < 4.78 is 1.60. The molecule has 0 saturated heterocycles. The predicted octanol–water partition coefficient (Wildman–Crippen LogP) is 0.368. The maximum Gasteiger partial charge on any atom is 0.326 e. The molecular formula is C10H13N3O. The Hall–Kier alpha value is -1.55. The van der Waals surface area contributed by atoms with E-state index in [0.717, 1.165) is 23.0 Å². The van der Waals surface area contributed by atoms with Crippen molar-refractivity contribution in [2.24, 2.45) is 12.8 Å². The third-order valence-electron chi connectivity index (χ3n) is 2.40. The molecule has 0 aliphatic carbocycles.